The van der Waals surface area contributed by atoms with Gasteiger partial charge in [0, 0.05) is 29.9 Å². The molecule has 1 aromatic heterocycles. The topological polar surface area (TPSA) is 82.2 Å². The van der Waals surface area contributed by atoms with E-state index < -0.39 is 12.0 Å². The number of aromatic nitrogens is 1. The van der Waals surface area contributed by atoms with Crippen LogP contribution in [0.3, 0.4) is 0 Å². The van der Waals surface area contributed by atoms with Crippen LogP contribution in [0.5, 0.6) is 0 Å². The van der Waals surface area contributed by atoms with Gasteiger partial charge in [0.2, 0.25) is 5.91 Å². The lowest BCUT2D eigenvalue weighted by atomic mass is 10.0. The zero-order chi connectivity index (χ0) is 17.1. The molecule has 0 spiro atoms. The molecule has 1 aliphatic carbocycles. The average molecular weight is 330 g/mol. The highest BCUT2D eigenvalue weighted by Crippen LogP contribution is 2.22. The van der Waals surface area contributed by atoms with E-state index in [1.54, 1.807) is 12.3 Å². The number of carbonyl (C=O) groups is 2. The van der Waals surface area contributed by atoms with Gasteiger partial charge in [0.05, 0.1) is 0 Å². The Morgan fingerprint density at radius 2 is 2.25 bits per heavy atom. The number of amides is 1. The summed E-state index contributed by atoms with van der Waals surface area (Å²) in [5.74, 6) is -1.51. The Hall–Kier alpha value is -2.63. The van der Waals surface area contributed by atoms with Crippen molar-refractivity contribution in [2.75, 3.05) is 0 Å². The SMILES string of the molecule is O=C(CC1C=CCC1)NC(Cc1c[nH]c2cc(F)ccc12)C(=O)O. The van der Waals surface area contributed by atoms with E-state index >= 15 is 0 Å². The number of fused-ring (bicyclic) bond motifs is 1. The minimum atomic E-state index is -1.08. The van der Waals surface area contributed by atoms with Gasteiger partial charge in [-0.25, -0.2) is 9.18 Å². The van der Waals surface area contributed by atoms with E-state index in [4.69, 9.17) is 0 Å². The Morgan fingerprint density at radius 1 is 1.42 bits per heavy atom. The molecule has 1 aromatic carbocycles. The van der Waals surface area contributed by atoms with Crippen molar-refractivity contribution in [2.45, 2.75) is 31.7 Å². The predicted octanol–water partition coefficient (Wildman–Crippen LogP) is 2.78. The first-order chi connectivity index (χ1) is 11.5. The Balaban J connectivity index is 1.69. The van der Waals surface area contributed by atoms with Gasteiger partial charge in [-0.05, 0) is 42.5 Å². The number of aliphatic carboxylic acids is 1. The van der Waals surface area contributed by atoms with Crippen molar-refractivity contribution in [3.63, 3.8) is 0 Å². The second kappa shape index (κ2) is 6.86. The smallest absolute Gasteiger partial charge is 0.326 e. The summed E-state index contributed by atoms with van der Waals surface area (Å²) in [6.07, 6.45) is 8.05. The van der Waals surface area contributed by atoms with E-state index in [1.807, 2.05) is 12.2 Å². The van der Waals surface area contributed by atoms with Gasteiger partial charge in [-0.1, -0.05) is 12.2 Å². The molecule has 0 fully saturated rings. The normalized spacial score (nSPS) is 18.0. The number of rotatable bonds is 6. The van der Waals surface area contributed by atoms with Crippen LogP contribution in [0.1, 0.15) is 24.8 Å². The maximum atomic E-state index is 13.2. The van der Waals surface area contributed by atoms with Crippen LogP contribution in [-0.2, 0) is 16.0 Å². The molecule has 126 valence electrons. The van der Waals surface area contributed by atoms with Gasteiger partial charge in [0.15, 0.2) is 0 Å². The van der Waals surface area contributed by atoms with Crippen LogP contribution in [0, 0.1) is 11.7 Å². The highest BCUT2D eigenvalue weighted by molar-refractivity contribution is 5.86. The molecular weight excluding hydrogens is 311 g/mol. The van der Waals surface area contributed by atoms with Gasteiger partial charge in [0.1, 0.15) is 11.9 Å². The summed E-state index contributed by atoms with van der Waals surface area (Å²) < 4.78 is 13.2. The van der Waals surface area contributed by atoms with Crippen molar-refractivity contribution in [1.29, 1.82) is 0 Å². The molecule has 2 aromatic rings. The summed E-state index contributed by atoms with van der Waals surface area (Å²) in [7, 11) is 0. The number of aromatic amines is 1. The summed E-state index contributed by atoms with van der Waals surface area (Å²) in [5, 5.41) is 12.8. The zero-order valence-corrected chi connectivity index (χ0v) is 13.1. The van der Waals surface area contributed by atoms with Gasteiger partial charge in [-0.3, -0.25) is 4.79 Å². The number of nitrogens with one attached hydrogen (secondary N) is 2. The summed E-state index contributed by atoms with van der Waals surface area (Å²) in [5.41, 5.74) is 1.34. The Bertz CT molecular complexity index is 797. The summed E-state index contributed by atoms with van der Waals surface area (Å²) in [6, 6.07) is 3.30. The first kappa shape index (κ1) is 16.2. The maximum Gasteiger partial charge on any atom is 0.326 e. The first-order valence-electron chi connectivity index (χ1n) is 7.97. The average Bonchev–Trinajstić information content (AvgIpc) is 3.16. The van der Waals surface area contributed by atoms with Crippen molar-refractivity contribution in [3.05, 3.63) is 47.9 Å². The van der Waals surface area contributed by atoms with Gasteiger partial charge < -0.3 is 15.4 Å². The number of H-pyrrole nitrogens is 1. The number of carbonyl (C=O) groups excluding carboxylic acids is 1. The fourth-order valence-electron chi connectivity index (χ4n) is 3.10. The fourth-order valence-corrected chi connectivity index (χ4v) is 3.10. The number of benzene rings is 1. The van der Waals surface area contributed by atoms with E-state index in [-0.39, 0.29) is 24.1 Å². The molecular formula is C18H19FN2O3. The molecule has 0 bridgehead atoms. The van der Waals surface area contributed by atoms with Gasteiger partial charge in [-0.15, -0.1) is 0 Å². The molecule has 0 radical (unpaired) electrons. The molecule has 3 N–H and O–H groups in total. The van der Waals surface area contributed by atoms with Crippen LogP contribution in [0.4, 0.5) is 4.39 Å². The third kappa shape index (κ3) is 3.64. The van der Waals surface area contributed by atoms with Gasteiger partial charge >= 0.3 is 5.97 Å². The van der Waals surface area contributed by atoms with E-state index in [0.29, 0.717) is 11.9 Å². The number of carboxylic acids is 1. The van der Waals surface area contributed by atoms with Crippen molar-refractivity contribution in [3.8, 4) is 0 Å². The van der Waals surface area contributed by atoms with E-state index in [0.717, 1.165) is 23.8 Å². The number of halogens is 1. The molecule has 24 heavy (non-hydrogen) atoms. The Morgan fingerprint density at radius 3 is 2.96 bits per heavy atom. The van der Waals surface area contributed by atoms with Crippen LogP contribution in [0.2, 0.25) is 0 Å². The molecule has 0 saturated heterocycles. The Labute approximate surface area is 138 Å². The van der Waals surface area contributed by atoms with Crippen molar-refractivity contribution in [1.82, 2.24) is 10.3 Å². The standard InChI is InChI=1S/C18H19FN2O3/c19-13-5-6-14-12(10-20-15(14)9-13)8-16(18(23)24)21-17(22)7-11-3-1-2-4-11/h1,3,5-6,9-11,16,20H,2,4,7-8H2,(H,21,22)(H,23,24). The van der Waals surface area contributed by atoms with E-state index in [1.165, 1.54) is 12.1 Å². The molecule has 0 saturated carbocycles. The second-order valence-corrected chi connectivity index (χ2v) is 6.14. The molecule has 2 unspecified atom stereocenters. The first-order valence-corrected chi connectivity index (χ1v) is 7.97. The van der Waals surface area contributed by atoms with Gasteiger partial charge in [0.25, 0.3) is 0 Å². The third-order valence-corrected chi connectivity index (χ3v) is 4.35. The second-order valence-electron chi connectivity index (χ2n) is 6.14. The third-order valence-electron chi connectivity index (χ3n) is 4.35. The minimum absolute atomic E-state index is 0.146. The quantitative estimate of drug-likeness (QED) is 0.712. The van der Waals surface area contributed by atoms with E-state index in [9.17, 15) is 19.1 Å². The van der Waals surface area contributed by atoms with Crippen LogP contribution in [-0.4, -0.2) is 28.0 Å². The molecule has 5 nitrogen and oxygen atoms in total. The summed E-state index contributed by atoms with van der Waals surface area (Å²) in [4.78, 5) is 26.5. The van der Waals surface area contributed by atoms with Crippen LogP contribution in [0.15, 0.2) is 36.5 Å². The van der Waals surface area contributed by atoms with Crippen LogP contribution in [0.25, 0.3) is 10.9 Å². The van der Waals surface area contributed by atoms with Crippen molar-refractivity contribution in [2.24, 2.45) is 5.92 Å². The fraction of sp³-hybridized carbons (Fsp3) is 0.333. The maximum absolute atomic E-state index is 13.2. The number of hydrogen-bond acceptors (Lipinski definition) is 2. The molecule has 1 amide bonds. The molecule has 1 heterocycles. The Kier molecular flexibility index (Phi) is 4.64. The molecule has 0 aliphatic heterocycles. The van der Waals surface area contributed by atoms with Crippen molar-refractivity contribution >= 4 is 22.8 Å². The summed E-state index contributed by atoms with van der Waals surface area (Å²) >= 11 is 0. The van der Waals surface area contributed by atoms with Gasteiger partial charge in [-0.2, -0.15) is 0 Å². The zero-order valence-electron chi connectivity index (χ0n) is 13.1. The molecule has 1 aliphatic rings. The number of allylic oxidation sites excluding steroid dienone is 2. The molecule has 2 atom stereocenters. The highest BCUT2D eigenvalue weighted by atomic mass is 19.1. The highest BCUT2D eigenvalue weighted by Gasteiger charge is 2.23. The van der Waals surface area contributed by atoms with E-state index in [2.05, 4.69) is 10.3 Å². The lowest BCUT2D eigenvalue weighted by Gasteiger charge is -2.15. The molecule has 6 heteroatoms. The monoisotopic (exact) mass is 330 g/mol. The van der Waals surface area contributed by atoms with Crippen molar-refractivity contribution < 1.29 is 19.1 Å². The largest absolute Gasteiger partial charge is 0.480 e. The summed E-state index contributed by atoms with van der Waals surface area (Å²) in [6.45, 7) is 0. The lowest BCUT2D eigenvalue weighted by Crippen LogP contribution is -2.42. The predicted molar refractivity (Wildman–Crippen MR) is 88.0 cm³/mol. The van der Waals surface area contributed by atoms with Crippen LogP contribution >= 0.6 is 0 Å². The minimum Gasteiger partial charge on any atom is -0.480 e. The lowest BCUT2D eigenvalue weighted by molar-refractivity contribution is -0.141. The molecule has 3 rings (SSSR count). The number of carboxylic acid groups (broad SMARTS) is 1. The number of hydrogen-bond donors (Lipinski definition) is 3. The van der Waals surface area contributed by atoms with Crippen LogP contribution < -0.4 is 5.32 Å².